The van der Waals surface area contributed by atoms with Crippen molar-refractivity contribution in [1.82, 2.24) is 0 Å². The molecule has 0 amide bonds. The molecule has 0 aliphatic heterocycles. The van der Waals surface area contributed by atoms with Gasteiger partial charge in [0.1, 0.15) is 6.10 Å². The van der Waals surface area contributed by atoms with Crippen molar-refractivity contribution in [1.29, 1.82) is 0 Å². The maximum atomic E-state index is 12.1. The van der Waals surface area contributed by atoms with Gasteiger partial charge in [-0.15, -0.1) is 0 Å². The quantitative estimate of drug-likeness (QED) is 0.571. The molecule has 0 fully saturated rings. The highest BCUT2D eigenvalue weighted by molar-refractivity contribution is 7.86. The molecule has 0 radical (unpaired) electrons. The van der Waals surface area contributed by atoms with Crippen molar-refractivity contribution in [3.63, 3.8) is 0 Å². The van der Waals surface area contributed by atoms with E-state index in [1.165, 1.54) is 19.1 Å². The smallest absolute Gasteiger partial charge is 0.302 e. The Morgan fingerprint density at radius 2 is 1.81 bits per heavy atom. The molecule has 21 heavy (non-hydrogen) atoms. The summed E-state index contributed by atoms with van der Waals surface area (Å²) in [6.45, 7) is 6.85. The molecule has 0 spiro atoms. The van der Waals surface area contributed by atoms with Crippen molar-refractivity contribution in [2.75, 3.05) is 6.61 Å². The number of carbonyl (C=O) groups excluding carboxylic acids is 1. The molecule has 0 saturated carbocycles. The van der Waals surface area contributed by atoms with Gasteiger partial charge in [0.05, 0.1) is 11.5 Å². The van der Waals surface area contributed by atoms with Crippen molar-refractivity contribution in [3.05, 3.63) is 29.8 Å². The third kappa shape index (κ3) is 5.47. The molecule has 5 nitrogen and oxygen atoms in total. The first-order valence-corrected chi connectivity index (χ1v) is 8.30. The monoisotopic (exact) mass is 314 g/mol. The zero-order valence-corrected chi connectivity index (χ0v) is 13.6. The van der Waals surface area contributed by atoms with Gasteiger partial charge >= 0.3 is 5.97 Å². The van der Waals surface area contributed by atoms with E-state index in [2.05, 4.69) is 0 Å². The molecule has 0 unspecified atom stereocenters. The molecule has 0 N–H and O–H groups in total. The van der Waals surface area contributed by atoms with Crippen LogP contribution in [-0.2, 0) is 23.8 Å². The molecular formula is C15H22O5S. The van der Waals surface area contributed by atoms with Gasteiger partial charge in [0.2, 0.25) is 0 Å². The Balaban J connectivity index is 2.68. The highest BCUT2D eigenvalue weighted by Crippen LogP contribution is 2.17. The van der Waals surface area contributed by atoms with E-state index in [4.69, 9.17) is 8.92 Å². The van der Waals surface area contributed by atoms with Crippen LogP contribution in [0.1, 0.15) is 32.8 Å². The molecule has 1 aromatic rings. The van der Waals surface area contributed by atoms with E-state index < -0.39 is 10.1 Å². The molecule has 0 heterocycles. The second-order valence-corrected chi connectivity index (χ2v) is 6.70. The number of benzene rings is 1. The Bertz CT molecular complexity index is 562. The highest BCUT2D eigenvalue weighted by atomic mass is 32.2. The highest BCUT2D eigenvalue weighted by Gasteiger charge is 2.22. The topological polar surface area (TPSA) is 69.7 Å². The molecule has 0 aromatic heterocycles. The summed E-state index contributed by atoms with van der Waals surface area (Å²) in [4.78, 5) is 11.1. The first-order chi connectivity index (χ1) is 9.76. The lowest BCUT2D eigenvalue weighted by molar-refractivity contribution is -0.149. The Hall–Kier alpha value is -1.40. The number of rotatable bonds is 7. The van der Waals surface area contributed by atoms with Crippen LogP contribution >= 0.6 is 0 Å². The fourth-order valence-corrected chi connectivity index (χ4v) is 2.89. The van der Waals surface area contributed by atoms with Crippen LogP contribution in [0.25, 0.3) is 0 Å². The van der Waals surface area contributed by atoms with E-state index in [1.54, 1.807) is 19.1 Å². The van der Waals surface area contributed by atoms with Crippen molar-refractivity contribution >= 4 is 16.1 Å². The van der Waals surface area contributed by atoms with Crippen LogP contribution in [-0.4, -0.2) is 27.1 Å². The molecule has 0 aliphatic rings. The largest absolute Gasteiger partial charge is 0.462 e. The van der Waals surface area contributed by atoms with Gasteiger partial charge in [0, 0.05) is 12.8 Å². The number of carbonyl (C=O) groups is 1. The zero-order chi connectivity index (χ0) is 16.0. The van der Waals surface area contributed by atoms with Gasteiger partial charge in [-0.2, -0.15) is 8.42 Å². The van der Waals surface area contributed by atoms with Gasteiger partial charge in [0.15, 0.2) is 0 Å². The maximum Gasteiger partial charge on any atom is 0.302 e. The van der Waals surface area contributed by atoms with Gasteiger partial charge < -0.3 is 4.74 Å². The lowest BCUT2D eigenvalue weighted by Crippen LogP contribution is -2.28. The second-order valence-electron chi connectivity index (χ2n) is 5.09. The summed E-state index contributed by atoms with van der Waals surface area (Å²) in [5.74, 6) is -0.589. The fourth-order valence-electron chi connectivity index (χ4n) is 1.89. The Kier molecular flexibility index (Phi) is 6.36. The molecule has 6 heteroatoms. The van der Waals surface area contributed by atoms with Crippen LogP contribution in [0.4, 0.5) is 0 Å². The molecule has 2 atom stereocenters. The first-order valence-electron chi connectivity index (χ1n) is 6.89. The number of hydrogen-bond donors (Lipinski definition) is 0. The second kappa shape index (κ2) is 7.56. The summed E-state index contributed by atoms with van der Waals surface area (Å²) in [5, 5.41) is 0. The summed E-state index contributed by atoms with van der Waals surface area (Å²) < 4.78 is 34.3. The molecule has 0 bridgehead atoms. The van der Waals surface area contributed by atoms with Gasteiger partial charge in [-0.25, -0.2) is 0 Å². The maximum absolute atomic E-state index is 12.1. The van der Waals surface area contributed by atoms with Gasteiger partial charge in [0.25, 0.3) is 10.1 Å². The third-order valence-corrected chi connectivity index (χ3v) is 4.45. The van der Waals surface area contributed by atoms with Gasteiger partial charge in [-0.1, -0.05) is 31.5 Å². The van der Waals surface area contributed by atoms with Crippen LogP contribution in [0, 0.1) is 12.8 Å². The van der Waals surface area contributed by atoms with Crippen LogP contribution in [0.3, 0.4) is 0 Å². The summed E-state index contributed by atoms with van der Waals surface area (Å²) >= 11 is 0. The van der Waals surface area contributed by atoms with E-state index in [1.807, 2.05) is 13.8 Å². The average Bonchev–Trinajstić information content (AvgIpc) is 2.42. The van der Waals surface area contributed by atoms with E-state index in [0.717, 1.165) is 5.56 Å². The van der Waals surface area contributed by atoms with Gasteiger partial charge in [-0.05, 0) is 25.5 Å². The SMILES string of the molecule is CC[C@H](OC(C)=O)[C@@H](C)COS(=O)(=O)c1ccc(C)cc1. The van der Waals surface area contributed by atoms with Crippen molar-refractivity contribution < 1.29 is 22.1 Å². The average molecular weight is 314 g/mol. The molecule has 118 valence electrons. The summed E-state index contributed by atoms with van der Waals surface area (Å²) in [7, 11) is -3.78. The number of aryl methyl sites for hydroxylation is 1. The fraction of sp³-hybridized carbons (Fsp3) is 0.533. The molecule has 0 aliphatic carbocycles. The molecular weight excluding hydrogens is 292 g/mol. The summed E-state index contributed by atoms with van der Waals surface area (Å²) in [6, 6.07) is 6.46. The Labute approximate surface area is 126 Å². The van der Waals surface area contributed by atoms with E-state index in [-0.39, 0.29) is 29.5 Å². The Morgan fingerprint density at radius 3 is 2.29 bits per heavy atom. The number of hydrogen-bond acceptors (Lipinski definition) is 5. The summed E-state index contributed by atoms with van der Waals surface area (Å²) in [6.07, 6.45) is 0.255. The standard InChI is InChI=1S/C15H22O5S/c1-5-15(20-13(4)16)12(3)10-19-21(17,18)14-8-6-11(2)7-9-14/h6-9,12,15H,5,10H2,1-4H3/t12-,15-/m0/s1. The first kappa shape index (κ1) is 17.7. The number of esters is 1. The Morgan fingerprint density at radius 1 is 1.24 bits per heavy atom. The zero-order valence-electron chi connectivity index (χ0n) is 12.8. The normalized spacial score (nSPS) is 14.5. The minimum Gasteiger partial charge on any atom is -0.462 e. The van der Waals surface area contributed by atoms with E-state index in [9.17, 15) is 13.2 Å². The third-order valence-electron chi connectivity index (χ3n) is 3.15. The molecule has 1 aromatic carbocycles. The van der Waals surface area contributed by atoms with Crippen LogP contribution in [0.2, 0.25) is 0 Å². The van der Waals surface area contributed by atoms with E-state index in [0.29, 0.717) is 6.42 Å². The molecule has 1 rings (SSSR count). The lowest BCUT2D eigenvalue weighted by Gasteiger charge is -2.22. The minimum absolute atomic E-state index is 0.0258. The minimum atomic E-state index is -3.78. The summed E-state index contributed by atoms with van der Waals surface area (Å²) in [5.41, 5.74) is 0.975. The van der Waals surface area contributed by atoms with Crippen molar-refractivity contribution in [3.8, 4) is 0 Å². The number of ether oxygens (including phenoxy) is 1. The van der Waals surface area contributed by atoms with Crippen molar-refractivity contribution in [2.45, 2.75) is 45.1 Å². The van der Waals surface area contributed by atoms with Gasteiger partial charge in [-0.3, -0.25) is 8.98 Å². The van der Waals surface area contributed by atoms with Crippen LogP contribution < -0.4 is 0 Å². The van der Waals surface area contributed by atoms with Crippen LogP contribution in [0.5, 0.6) is 0 Å². The van der Waals surface area contributed by atoms with Crippen molar-refractivity contribution in [2.24, 2.45) is 5.92 Å². The predicted octanol–water partition coefficient (Wildman–Crippen LogP) is 2.68. The van der Waals surface area contributed by atoms with Crippen LogP contribution in [0.15, 0.2) is 29.2 Å². The molecule has 0 saturated heterocycles. The lowest BCUT2D eigenvalue weighted by atomic mass is 10.0. The van der Waals surface area contributed by atoms with E-state index >= 15 is 0 Å². The predicted molar refractivity (Wildman–Crippen MR) is 79.3 cm³/mol.